The molecule has 3 aromatic heterocycles. The highest BCUT2D eigenvalue weighted by molar-refractivity contribution is 5.77. The minimum atomic E-state index is -1.34. The molecule has 2 fully saturated rings. The molecule has 1 aliphatic heterocycles. The molecule has 16 nitrogen and oxygen atoms in total. The van der Waals surface area contributed by atoms with Gasteiger partial charge in [-0.1, -0.05) is 54.5 Å². The van der Waals surface area contributed by atoms with E-state index in [1.807, 2.05) is 25.8 Å². The Kier molecular flexibility index (Phi) is 17.9. The number of aliphatic hydroxyl groups excluding tert-OH is 5. The fraction of sp³-hybridized carbons (Fsp3) is 0.700. The summed E-state index contributed by atoms with van der Waals surface area (Å²) in [5.41, 5.74) is 3.91. The van der Waals surface area contributed by atoms with Crippen molar-refractivity contribution in [2.75, 3.05) is 34.9 Å². The molecule has 0 spiro atoms. The van der Waals surface area contributed by atoms with Crippen molar-refractivity contribution < 1.29 is 44.5 Å². The lowest BCUT2D eigenvalue weighted by molar-refractivity contribution is -0.739. The lowest BCUT2D eigenvalue weighted by Gasteiger charge is -2.39. The average Bonchev–Trinajstić information content (AvgIpc) is 3.78. The summed E-state index contributed by atoms with van der Waals surface area (Å²) in [5, 5.41) is 78.4. The minimum Gasteiger partial charge on any atom is -0.710 e. The third-order valence-electron chi connectivity index (χ3n) is 11.3. The molecule has 1 saturated carbocycles. The molecule has 6 atom stereocenters. The maximum Gasteiger partial charge on any atom is 0.404 e. The van der Waals surface area contributed by atoms with Gasteiger partial charge in [-0.3, -0.25) is 0 Å². The van der Waals surface area contributed by atoms with E-state index in [0.29, 0.717) is 27.8 Å². The van der Waals surface area contributed by atoms with E-state index in [0.717, 1.165) is 51.3 Å². The minimum absolute atomic E-state index is 0.0851. The summed E-state index contributed by atoms with van der Waals surface area (Å²) in [6, 6.07) is 6.97. The van der Waals surface area contributed by atoms with Crippen LogP contribution in [0.3, 0.4) is 0 Å². The molecule has 5 N–H and O–H groups in total. The van der Waals surface area contributed by atoms with Gasteiger partial charge in [0.05, 0.1) is 11.0 Å². The quantitative estimate of drug-likeness (QED) is 0.129. The SMILES string of the molecule is CC1CC(C(C)C(C)c2nc3ccc(C(C)(C)C)cc3n2C)C1.CCc1c2c(n([C@@H]3O[C@H](CN(C)C(C)C)[C@@H](O)[C@H]3O)c[n+]2[O-])[n+]([O-])c[n+]1[O-].CO.CO.CO. The second-order valence-electron chi connectivity index (χ2n) is 16.1. The molecule has 56 heavy (non-hydrogen) atoms. The Balaban J connectivity index is 0.000000344. The van der Waals surface area contributed by atoms with Crippen LogP contribution in [0.15, 0.2) is 30.9 Å². The van der Waals surface area contributed by atoms with Gasteiger partial charge in [-0.2, -0.15) is 4.73 Å². The van der Waals surface area contributed by atoms with E-state index < -0.39 is 24.5 Å². The van der Waals surface area contributed by atoms with Crippen molar-refractivity contribution >= 4 is 22.2 Å². The number of aryl methyl sites for hydroxylation is 2. The number of aliphatic hydroxyl groups is 5. The smallest absolute Gasteiger partial charge is 0.404 e. The summed E-state index contributed by atoms with van der Waals surface area (Å²) in [4.78, 5) is 6.93. The lowest BCUT2D eigenvalue weighted by atomic mass is 9.66. The molecule has 2 aliphatic rings. The van der Waals surface area contributed by atoms with Crippen LogP contribution >= 0.6 is 0 Å². The van der Waals surface area contributed by atoms with Crippen molar-refractivity contribution in [2.24, 2.45) is 24.8 Å². The Morgan fingerprint density at radius 2 is 1.54 bits per heavy atom. The zero-order valence-electron chi connectivity index (χ0n) is 35.9. The lowest BCUT2D eigenvalue weighted by Crippen LogP contribution is -2.46. The molecule has 4 aromatic rings. The van der Waals surface area contributed by atoms with E-state index in [2.05, 4.69) is 71.4 Å². The Labute approximate surface area is 332 Å². The summed E-state index contributed by atoms with van der Waals surface area (Å²) in [6.45, 7) is 20.0. The summed E-state index contributed by atoms with van der Waals surface area (Å²) in [6.07, 6.45) is 0.499. The summed E-state index contributed by atoms with van der Waals surface area (Å²) >= 11 is 0. The maximum absolute atomic E-state index is 12.4. The van der Waals surface area contributed by atoms with Gasteiger partial charge in [0.25, 0.3) is 18.1 Å². The molecule has 1 aliphatic carbocycles. The van der Waals surface area contributed by atoms with Gasteiger partial charge >= 0.3 is 12.0 Å². The highest BCUT2D eigenvalue weighted by atomic mass is 16.6. The second kappa shape index (κ2) is 20.7. The number of imidazole rings is 2. The Hall–Kier alpha value is -3.64. The summed E-state index contributed by atoms with van der Waals surface area (Å²) in [7, 11) is 7.05. The molecule has 0 amide bonds. The van der Waals surface area contributed by atoms with Crippen molar-refractivity contribution in [3.63, 3.8) is 0 Å². The Morgan fingerprint density at radius 3 is 2.05 bits per heavy atom. The van der Waals surface area contributed by atoms with E-state index in [1.165, 1.54) is 34.3 Å². The highest BCUT2D eigenvalue weighted by Crippen LogP contribution is 2.44. The van der Waals surface area contributed by atoms with Crippen molar-refractivity contribution in [3.8, 4) is 0 Å². The first-order chi connectivity index (χ1) is 26.3. The first-order valence-corrected chi connectivity index (χ1v) is 19.4. The van der Waals surface area contributed by atoms with Crippen LogP contribution < -0.4 is 14.2 Å². The fourth-order valence-corrected chi connectivity index (χ4v) is 7.48. The maximum atomic E-state index is 12.4. The zero-order valence-corrected chi connectivity index (χ0v) is 35.9. The van der Waals surface area contributed by atoms with Crippen molar-refractivity contribution in [2.45, 2.75) is 123 Å². The molecule has 1 aromatic carbocycles. The first kappa shape index (κ1) is 48.5. The molecule has 4 heterocycles. The molecule has 2 unspecified atom stereocenters. The fourth-order valence-electron chi connectivity index (χ4n) is 7.48. The molecular formula is C40H69N7O9. The molecule has 318 valence electrons. The van der Waals surface area contributed by atoms with Gasteiger partial charge in [0.15, 0.2) is 11.8 Å². The molecular weight excluding hydrogens is 722 g/mol. The number of aromatic nitrogens is 6. The number of hydrogen-bond acceptors (Lipinski definition) is 11. The van der Waals surface area contributed by atoms with Gasteiger partial charge in [-0.05, 0) is 74.6 Å². The van der Waals surface area contributed by atoms with Gasteiger partial charge in [0, 0.05) is 53.3 Å². The third-order valence-corrected chi connectivity index (χ3v) is 11.3. The van der Waals surface area contributed by atoms with Crippen LogP contribution in [0, 0.1) is 33.4 Å². The van der Waals surface area contributed by atoms with E-state index in [4.69, 9.17) is 25.0 Å². The molecule has 1 saturated heterocycles. The number of rotatable bonds is 8. The van der Waals surface area contributed by atoms with Gasteiger partial charge in [-0.15, -0.1) is 9.30 Å². The van der Waals surface area contributed by atoms with Crippen LogP contribution in [0.25, 0.3) is 22.2 Å². The topological polar surface area (TPSA) is 217 Å². The predicted octanol–water partition coefficient (Wildman–Crippen LogP) is 2.55. The first-order valence-electron chi connectivity index (χ1n) is 19.4. The number of benzene rings is 1. The van der Waals surface area contributed by atoms with Crippen molar-refractivity contribution in [1.82, 2.24) is 19.0 Å². The van der Waals surface area contributed by atoms with Crippen LogP contribution in [-0.2, 0) is 23.6 Å². The third kappa shape index (κ3) is 10.3. The van der Waals surface area contributed by atoms with Crippen LogP contribution in [0.1, 0.15) is 104 Å². The number of ether oxygens (including phenoxy) is 1. The standard InChI is InChI=1S/C21H32N2.C16H25N5O6.3CH4O/c1-13-10-16(11-13)14(2)15(3)20-22-18-9-8-17(21(4,5)6)12-19(18)23(20)7;1-5-10-12-15(21(26)8-19(10)24)18(7-20(12)25)16-14(23)13(22)11(27-16)6-17(4)9(2)3;3*1-2/h8-9,12-16H,10-11H2,1-7H3;7-9,11,13-14,16,22-23H,5-6H2,1-4H3;3*2H,1H3/t;11-,13-,14-,16-;;;/m.1.../s1. The molecule has 16 heteroatoms. The monoisotopic (exact) mass is 792 g/mol. The summed E-state index contributed by atoms with van der Waals surface area (Å²) < 4.78 is 10.3. The van der Waals surface area contributed by atoms with Crippen LogP contribution in [0.5, 0.6) is 0 Å². The number of hydrogen-bond donors (Lipinski definition) is 5. The molecule has 0 radical (unpaired) electrons. The second-order valence-corrected chi connectivity index (χ2v) is 16.1. The van der Waals surface area contributed by atoms with E-state index in [1.54, 1.807) is 6.92 Å². The average molecular weight is 792 g/mol. The van der Waals surface area contributed by atoms with E-state index in [-0.39, 0.29) is 39.5 Å². The normalized spacial score (nSPS) is 22.9. The number of fused-ring (bicyclic) bond motifs is 2. The van der Waals surface area contributed by atoms with Crippen molar-refractivity contribution in [1.29, 1.82) is 0 Å². The highest BCUT2D eigenvalue weighted by Gasteiger charge is 2.50. The Bertz CT molecular complexity index is 1820. The Morgan fingerprint density at radius 1 is 0.946 bits per heavy atom. The molecule has 6 rings (SSSR count). The van der Waals surface area contributed by atoms with Crippen LogP contribution in [-0.4, -0.2) is 104 Å². The van der Waals surface area contributed by atoms with Crippen LogP contribution in [0.4, 0.5) is 0 Å². The zero-order chi connectivity index (χ0) is 43.0. The van der Waals surface area contributed by atoms with Gasteiger partial charge in [-0.25, -0.2) is 9.71 Å². The van der Waals surface area contributed by atoms with Gasteiger partial charge in [0.1, 0.15) is 18.0 Å². The number of nitrogens with zero attached hydrogens (tertiary/aromatic N) is 7. The predicted molar refractivity (Wildman–Crippen MR) is 215 cm³/mol. The molecule has 0 bridgehead atoms. The largest absolute Gasteiger partial charge is 0.710 e. The summed E-state index contributed by atoms with van der Waals surface area (Å²) in [5.74, 6) is 4.28. The van der Waals surface area contributed by atoms with E-state index >= 15 is 0 Å². The van der Waals surface area contributed by atoms with Gasteiger partial charge in [0.2, 0.25) is 0 Å². The van der Waals surface area contributed by atoms with E-state index in [9.17, 15) is 25.8 Å². The number of likely N-dealkylation sites (N-methyl/N-ethyl adjacent to an activating group) is 1. The van der Waals surface area contributed by atoms with Crippen LogP contribution in [0.2, 0.25) is 0 Å². The van der Waals surface area contributed by atoms with Gasteiger partial charge < -0.3 is 55.4 Å². The van der Waals surface area contributed by atoms with Crippen molar-refractivity contribution in [3.05, 3.63) is 63.6 Å².